The van der Waals surface area contributed by atoms with Crippen molar-refractivity contribution in [2.45, 2.75) is 25.7 Å². The van der Waals surface area contributed by atoms with E-state index in [1.807, 2.05) is 0 Å². The number of aliphatic hydroxyl groups is 1. The molecule has 2 rings (SSSR count). The van der Waals surface area contributed by atoms with Crippen LogP contribution in [0.2, 0.25) is 0 Å². The highest BCUT2D eigenvalue weighted by atomic mass is 16.6. The topological polar surface area (TPSA) is 29.5 Å². The highest BCUT2D eigenvalue weighted by Gasteiger charge is 2.48. The van der Waals surface area contributed by atoms with Gasteiger partial charge in [-0.1, -0.05) is 0 Å². The Hall–Kier alpha value is -0.520. The molecule has 0 spiro atoms. The molecule has 0 aromatic carbocycles. The van der Waals surface area contributed by atoms with E-state index >= 15 is 0 Å². The molecule has 2 nitrogen and oxygen atoms in total. The van der Waals surface area contributed by atoms with Gasteiger partial charge in [-0.25, -0.2) is 0 Å². The van der Waals surface area contributed by atoms with Gasteiger partial charge >= 0.3 is 0 Å². The summed E-state index contributed by atoms with van der Waals surface area (Å²) in [5.41, 5.74) is 0. The number of rotatable bonds is 3. The lowest BCUT2D eigenvalue weighted by molar-refractivity contribution is -0.00902. The standard InChI is InChI=1S/C11H16O2/c12-8-13-7-11-9-5-3-1-2-4-6-10(9)11/h9-12H,3-8H2/t9-,10+,11-. The Bertz CT molecular complexity index is 208. The Morgan fingerprint density at radius 3 is 2.31 bits per heavy atom. The van der Waals surface area contributed by atoms with E-state index in [1.54, 1.807) is 0 Å². The average Bonchev–Trinajstić information content (AvgIpc) is 2.72. The minimum atomic E-state index is -0.133. The molecule has 0 heterocycles. The van der Waals surface area contributed by atoms with Gasteiger partial charge in [0.1, 0.15) is 6.79 Å². The van der Waals surface area contributed by atoms with Crippen LogP contribution in [-0.4, -0.2) is 18.5 Å². The third-order valence-corrected chi connectivity index (χ3v) is 3.24. The van der Waals surface area contributed by atoms with Crippen molar-refractivity contribution in [3.63, 3.8) is 0 Å². The summed E-state index contributed by atoms with van der Waals surface area (Å²) in [6.45, 7) is 0.609. The van der Waals surface area contributed by atoms with Crippen molar-refractivity contribution in [2.24, 2.45) is 17.8 Å². The van der Waals surface area contributed by atoms with Crippen molar-refractivity contribution >= 4 is 0 Å². The van der Waals surface area contributed by atoms with Gasteiger partial charge in [-0.15, -0.1) is 11.8 Å². The maximum Gasteiger partial charge on any atom is 0.143 e. The smallest absolute Gasteiger partial charge is 0.143 e. The molecule has 0 bridgehead atoms. The molecule has 0 aliphatic heterocycles. The van der Waals surface area contributed by atoms with Gasteiger partial charge in [-0.3, -0.25) is 0 Å². The zero-order valence-corrected chi connectivity index (χ0v) is 7.83. The molecule has 0 aromatic heterocycles. The van der Waals surface area contributed by atoms with E-state index in [1.165, 1.54) is 12.8 Å². The lowest BCUT2D eigenvalue weighted by Gasteiger charge is -1.97. The largest absolute Gasteiger partial charge is 0.371 e. The third kappa shape index (κ3) is 2.04. The summed E-state index contributed by atoms with van der Waals surface area (Å²) in [7, 11) is 0. The summed E-state index contributed by atoms with van der Waals surface area (Å²) < 4.78 is 5.05. The minimum absolute atomic E-state index is 0.133. The van der Waals surface area contributed by atoms with Gasteiger partial charge in [0, 0.05) is 12.8 Å². The summed E-state index contributed by atoms with van der Waals surface area (Å²) >= 11 is 0. The Morgan fingerprint density at radius 2 is 1.77 bits per heavy atom. The minimum Gasteiger partial charge on any atom is -0.371 e. The molecular formula is C11H16O2. The molecule has 2 aliphatic rings. The number of hydrogen-bond donors (Lipinski definition) is 1. The first kappa shape index (κ1) is 9.05. The van der Waals surface area contributed by atoms with Crippen LogP contribution in [0.5, 0.6) is 0 Å². The Morgan fingerprint density at radius 1 is 1.15 bits per heavy atom. The first-order chi connectivity index (χ1) is 6.43. The van der Waals surface area contributed by atoms with E-state index in [4.69, 9.17) is 9.84 Å². The van der Waals surface area contributed by atoms with E-state index in [0.717, 1.165) is 31.3 Å². The van der Waals surface area contributed by atoms with Crippen LogP contribution in [0.15, 0.2) is 0 Å². The second-order valence-corrected chi connectivity index (χ2v) is 3.92. The van der Waals surface area contributed by atoms with Crippen LogP contribution in [0.4, 0.5) is 0 Å². The lowest BCUT2D eigenvalue weighted by Crippen LogP contribution is -1.99. The van der Waals surface area contributed by atoms with Gasteiger partial charge in [0.25, 0.3) is 0 Å². The van der Waals surface area contributed by atoms with Crippen LogP contribution in [0.1, 0.15) is 25.7 Å². The lowest BCUT2D eigenvalue weighted by atomic mass is 10.1. The fraction of sp³-hybridized carbons (Fsp3) is 0.818. The van der Waals surface area contributed by atoms with Crippen LogP contribution in [0.3, 0.4) is 0 Å². The van der Waals surface area contributed by atoms with Crippen molar-refractivity contribution < 1.29 is 9.84 Å². The molecule has 1 saturated carbocycles. The second kappa shape index (κ2) is 4.13. The van der Waals surface area contributed by atoms with E-state index in [0.29, 0.717) is 5.92 Å². The number of ether oxygens (including phenoxy) is 1. The van der Waals surface area contributed by atoms with Crippen LogP contribution in [0, 0.1) is 29.6 Å². The molecule has 1 N–H and O–H groups in total. The molecule has 0 radical (unpaired) electrons. The summed E-state index contributed by atoms with van der Waals surface area (Å²) in [5, 5.41) is 8.54. The maximum absolute atomic E-state index is 8.54. The van der Waals surface area contributed by atoms with Crippen molar-refractivity contribution in [3.05, 3.63) is 0 Å². The van der Waals surface area contributed by atoms with Crippen molar-refractivity contribution in [1.29, 1.82) is 0 Å². The van der Waals surface area contributed by atoms with Crippen LogP contribution >= 0.6 is 0 Å². The van der Waals surface area contributed by atoms with Crippen molar-refractivity contribution in [1.82, 2.24) is 0 Å². The molecule has 1 fully saturated rings. The second-order valence-electron chi connectivity index (χ2n) is 3.92. The zero-order chi connectivity index (χ0) is 9.10. The zero-order valence-electron chi connectivity index (χ0n) is 7.83. The third-order valence-electron chi connectivity index (χ3n) is 3.24. The van der Waals surface area contributed by atoms with Gasteiger partial charge in [0.05, 0.1) is 6.61 Å². The van der Waals surface area contributed by atoms with E-state index < -0.39 is 0 Å². The molecule has 2 aliphatic carbocycles. The summed E-state index contributed by atoms with van der Waals surface area (Å²) in [6, 6.07) is 0. The summed E-state index contributed by atoms with van der Waals surface area (Å²) in [6.07, 6.45) is 4.57. The SMILES string of the molecule is OCOC[C@@H]1[C@@H]2CCC#CCC[C@@H]21. The van der Waals surface area contributed by atoms with Gasteiger partial charge in [0.15, 0.2) is 0 Å². The maximum atomic E-state index is 8.54. The first-order valence-electron chi connectivity index (χ1n) is 5.08. The van der Waals surface area contributed by atoms with Crippen molar-refractivity contribution in [2.75, 3.05) is 13.4 Å². The molecule has 0 unspecified atom stereocenters. The Kier molecular flexibility index (Phi) is 2.87. The molecule has 0 saturated heterocycles. The first-order valence-corrected chi connectivity index (χ1v) is 5.08. The molecule has 13 heavy (non-hydrogen) atoms. The van der Waals surface area contributed by atoms with Gasteiger partial charge in [0.2, 0.25) is 0 Å². The average molecular weight is 180 g/mol. The van der Waals surface area contributed by atoms with Crippen LogP contribution in [0.25, 0.3) is 0 Å². The predicted octanol–water partition coefficient (Wildman–Crippen LogP) is 1.39. The highest BCUT2D eigenvalue weighted by molar-refractivity contribution is 5.07. The molecule has 3 atom stereocenters. The Labute approximate surface area is 79.3 Å². The molecular weight excluding hydrogens is 164 g/mol. The fourth-order valence-corrected chi connectivity index (χ4v) is 2.47. The Balaban J connectivity index is 1.79. The van der Waals surface area contributed by atoms with Gasteiger partial charge in [-0.2, -0.15) is 0 Å². The van der Waals surface area contributed by atoms with Crippen LogP contribution in [-0.2, 0) is 4.74 Å². The molecule has 0 aromatic rings. The van der Waals surface area contributed by atoms with Gasteiger partial charge in [-0.05, 0) is 30.6 Å². The molecule has 0 amide bonds. The van der Waals surface area contributed by atoms with E-state index in [2.05, 4.69) is 11.8 Å². The highest BCUT2D eigenvalue weighted by Crippen LogP contribution is 2.52. The summed E-state index contributed by atoms with van der Waals surface area (Å²) in [4.78, 5) is 0. The van der Waals surface area contributed by atoms with E-state index in [-0.39, 0.29) is 6.79 Å². The van der Waals surface area contributed by atoms with Crippen LogP contribution < -0.4 is 0 Å². The van der Waals surface area contributed by atoms with E-state index in [9.17, 15) is 0 Å². The predicted molar refractivity (Wildman–Crippen MR) is 49.8 cm³/mol. The number of fused-ring (bicyclic) bond motifs is 1. The molecule has 72 valence electrons. The normalized spacial score (nSPS) is 36.5. The number of hydrogen-bond acceptors (Lipinski definition) is 2. The quantitative estimate of drug-likeness (QED) is 0.525. The fourth-order valence-electron chi connectivity index (χ4n) is 2.47. The van der Waals surface area contributed by atoms with Gasteiger partial charge < -0.3 is 9.84 Å². The monoisotopic (exact) mass is 180 g/mol. The summed E-state index contributed by atoms with van der Waals surface area (Å²) in [5.74, 6) is 8.73. The number of aliphatic hydroxyl groups excluding tert-OH is 1. The van der Waals surface area contributed by atoms with Crippen molar-refractivity contribution in [3.8, 4) is 11.8 Å². The molecule has 2 heteroatoms.